The van der Waals surface area contributed by atoms with Crippen LogP contribution in [0.25, 0.3) is 0 Å². The van der Waals surface area contributed by atoms with Crippen molar-refractivity contribution >= 4 is 11.6 Å². The standard InChI is InChI=1S/C19H22N2O3/c1-14(22)20-10-11-21-13-19(15-6-4-3-5-7-15)24-18-9-8-16(23-2)12-17(18)21/h3-9,12,19H,10-11,13H2,1-2H3,(H,20,22). The molecule has 1 heterocycles. The SMILES string of the molecule is COc1ccc2c(c1)N(CCNC(C)=O)CC(c1ccccc1)O2. The Morgan fingerprint density at radius 3 is 2.79 bits per heavy atom. The first-order chi connectivity index (χ1) is 11.7. The third-order valence-corrected chi connectivity index (χ3v) is 4.09. The third-order valence-electron chi connectivity index (χ3n) is 4.09. The smallest absolute Gasteiger partial charge is 0.216 e. The van der Waals surface area contributed by atoms with E-state index in [4.69, 9.17) is 9.47 Å². The first-order valence-corrected chi connectivity index (χ1v) is 8.06. The number of hydrogen-bond acceptors (Lipinski definition) is 4. The Hall–Kier alpha value is -2.69. The number of benzene rings is 2. The van der Waals surface area contributed by atoms with Crippen LogP contribution in [-0.4, -0.2) is 32.7 Å². The summed E-state index contributed by atoms with van der Waals surface area (Å²) in [6.45, 7) is 3.56. The van der Waals surface area contributed by atoms with E-state index < -0.39 is 0 Å². The van der Waals surface area contributed by atoms with Crippen molar-refractivity contribution in [1.29, 1.82) is 0 Å². The summed E-state index contributed by atoms with van der Waals surface area (Å²) >= 11 is 0. The van der Waals surface area contributed by atoms with Crippen LogP contribution < -0.4 is 19.7 Å². The van der Waals surface area contributed by atoms with Crippen molar-refractivity contribution in [2.75, 3.05) is 31.6 Å². The Labute approximate surface area is 142 Å². The monoisotopic (exact) mass is 326 g/mol. The molecule has 1 aliphatic heterocycles. The molecule has 1 amide bonds. The molecule has 5 nitrogen and oxygen atoms in total. The summed E-state index contributed by atoms with van der Waals surface area (Å²) in [6.07, 6.45) is -0.0376. The fourth-order valence-electron chi connectivity index (χ4n) is 2.88. The molecule has 0 aromatic heterocycles. The Bertz CT molecular complexity index is 703. The maximum absolute atomic E-state index is 11.1. The van der Waals surface area contributed by atoms with Gasteiger partial charge in [-0.05, 0) is 17.7 Å². The van der Waals surface area contributed by atoms with Gasteiger partial charge in [0.25, 0.3) is 0 Å². The molecule has 0 fully saturated rings. The van der Waals surface area contributed by atoms with Crippen molar-refractivity contribution in [2.24, 2.45) is 0 Å². The highest BCUT2D eigenvalue weighted by molar-refractivity contribution is 5.73. The number of methoxy groups -OCH3 is 1. The third kappa shape index (κ3) is 3.62. The van der Waals surface area contributed by atoms with E-state index in [2.05, 4.69) is 22.3 Å². The van der Waals surface area contributed by atoms with Gasteiger partial charge in [-0.25, -0.2) is 0 Å². The highest BCUT2D eigenvalue weighted by Gasteiger charge is 2.27. The van der Waals surface area contributed by atoms with Crippen molar-refractivity contribution in [3.8, 4) is 11.5 Å². The maximum atomic E-state index is 11.1. The summed E-state index contributed by atoms with van der Waals surface area (Å²) in [7, 11) is 1.65. The molecule has 2 aromatic carbocycles. The van der Waals surface area contributed by atoms with Gasteiger partial charge < -0.3 is 19.7 Å². The van der Waals surface area contributed by atoms with Crippen molar-refractivity contribution in [3.63, 3.8) is 0 Å². The molecule has 0 saturated heterocycles. The molecule has 0 saturated carbocycles. The molecular formula is C19H22N2O3. The van der Waals surface area contributed by atoms with Crippen LogP contribution in [0, 0.1) is 0 Å². The predicted octanol–water partition coefficient (Wildman–Crippen LogP) is 2.77. The number of rotatable bonds is 5. The van der Waals surface area contributed by atoms with Gasteiger partial charge in [-0.2, -0.15) is 0 Å². The lowest BCUT2D eigenvalue weighted by molar-refractivity contribution is -0.118. The normalized spacial score (nSPS) is 16.1. The summed E-state index contributed by atoms with van der Waals surface area (Å²) in [5.41, 5.74) is 2.13. The molecule has 2 aromatic rings. The average molecular weight is 326 g/mol. The molecule has 3 rings (SSSR count). The number of carbonyl (C=O) groups excluding carboxylic acids is 1. The Morgan fingerprint density at radius 1 is 1.29 bits per heavy atom. The van der Waals surface area contributed by atoms with Gasteiger partial charge in [-0.15, -0.1) is 0 Å². The molecule has 0 aliphatic carbocycles. The molecule has 1 N–H and O–H groups in total. The second-order valence-electron chi connectivity index (χ2n) is 5.78. The van der Waals surface area contributed by atoms with Gasteiger partial charge in [0.1, 0.15) is 17.6 Å². The molecule has 1 aliphatic rings. The minimum absolute atomic E-state index is 0.0197. The molecule has 1 unspecified atom stereocenters. The lowest BCUT2D eigenvalue weighted by Gasteiger charge is -2.36. The zero-order valence-electron chi connectivity index (χ0n) is 14.0. The Kier molecular flexibility index (Phi) is 4.89. The van der Waals surface area contributed by atoms with E-state index in [-0.39, 0.29) is 12.0 Å². The maximum Gasteiger partial charge on any atom is 0.216 e. The van der Waals surface area contributed by atoms with Gasteiger partial charge in [-0.1, -0.05) is 30.3 Å². The van der Waals surface area contributed by atoms with Gasteiger partial charge in [0.15, 0.2) is 0 Å². The summed E-state index contributed by atoms with van der Waals surface area (Å²) in [5.74, 6) is 1.60. The summed E-state index contributed by atoms with van der Waals surface area (Å²) in [4.78, 5) is 13.4. The van der Waals surface area contributed by atoms with E-state index in [1.54, 1.807) is 7.11 Å². The number of ether oxygens (including phenoxy) is 2. The second-order valence-corrected chi connectivity index (χ2v) is 5.78. The van der Waals surface area contributed by atoms with Crippen LogP contribution >= 0.6 is 0 Å². The first-order valence-electron chi connectivity index (χ1n) is 8.06. The van der Waals surface area contributed by atoms with Crippen LogP contribution in [-0.2, 0) is 4.79 Å². The second kappa shape index (κ2) is 7.25. The van der Waals surface area contributed by atoms with E-state index in [9.17, 15) is 4.79 Å². The van der Waals surface area contributed by atoms with E-state index in [1.807, 2.05) is 36.4 Å². The lowest BCUT2D eigenvalue weighted by atomic mass is 10.1. The minimum Gasteiger partial charge on any atom is -0.497 e. The van der Waals surface area contributed by atoms with Crippen molar-refractivity contribution in [1.82, 2.24) is 5.32 Å². The summed E-state index contributed by atoms with van der Waals surface area (Å²) < 4.78 is 11.5. The molecule has 1 atom stereocenters. The van der Waals surface area contributed by atoms with Crippen LogP contribution in [0.3, 0.4) is 0 Å². The van der Waals surface area contributed by atoms with Crippen LogP contribution in [0.1, 0.15) is 18.6 Å². The van der Waals surface area contributed by atoms with Crippen LogP contribution in [0.5, 0.6) is 11.5 Å². The number of nitrogens with one attached hydrogen (secondary N) is 1. The molecule has 0 spiro atoms. The zero-order chi connectivity index (χ0) is 16.9. The number of amides is 1. The van der Waals surface area contributed by atoms with Gasteiger partial charge in [0.2, 0.25) is 5.91 Å². The fraction of sp³-hybridized carbons (Fsp3) is 0.316. The Balaban J connectivity index is 1.85. The number of hydrogen-bond donors (Lipinski definition) is 1. The van der Waals surface area contributed by atoms with E-state index in [0.717, 1.165) is 29.3 Å². The Morgan fingerprint density at radius 2 is 2.08 bits per heavy atom. The van der Waals surface area contributed by atoms with Crippen LogP contribution in [0.15, 0.2) is 48.5 Å². The zero-order valence-corrected chi connectivity index (χ0v) is 14.0. The van der Waals surface area contributed by atoms with Gasteiger partial charge in [0, 0.05) is 26.1 Å². The van der Waals surface area contributed by atoms with Crippen molar-refractivity contribution in [3.05, 3.63) is 54.1 Å². The predicted molar refractivity (Wildman–Crippen MR) is 93.7 cm³/mol. The number of nitrogens with zero attached hydrogens (tertiary/aromatic N) is 1. The fourth-order valence-corrected chi connectivity index (χ4v) is 2.88. The quantitative estimate of drug-likeness (QED) is 0.918. The first kappa shape index (κ1) is 16.2. The van der Waals surface area contributed by atoms with Crippen LogP contribution in [0.2, 0.25) is 0 Å². The summed E-state index contributed by atoms with van der Waals surface area (Å²) in [6, 6.07) is 16.0. The van der Waals surface area contributed by atoms with Crippen LogP contribution in [0.4, 0.5) is 5.69 Å². The average Bonchev–Trinajstić information content (AvgIpc) is 2.61. The topological polar surface area (TPSA) is 50.8 Å². The van der Waals surface area contributed by atoms with E-state index in [0.29, 0.717) is 13.1 Å². The number of anilines is 1. The highest BCUT2D eigenvalue weighted by Crippen LogP contribution is 2.40. The van der Waals surface area contributed by atoms with Gasteiger partial charge in [-0.3, -0.25) is 4.79 Å². The van der Waals surface area contributed by atoms with Gasteiger partial charge in [0.05, 0.1) is 19.3 Å². The summed E-state index contributed by atoms with van der Waals surface area (Å²) in [5, 5.41) is 2.85. The molecule has 24 heavy (non-hydrogen) atoms. The molecule has 0 radical (unpaired) electrons. The number of carbonyl (C=O) groups is 1. The molecule has 126 valence electrons. The largest absolute Gasteiger partial charge is 0.497 e. The van der Waals surface area contributed by atoms with Crippen molar-refractivity contribution in [2.45, 2.75) is 13.0 Å². The van der Waals surface area contributed by atoms with E-state index in [1.165, 1.54) is 6.92 Å². The van der Waals surface area contributed by atoms with Crippen molar-refractivity contribution < 1.29 is 14.3 Å². The lowest BCUT2D eigenvalue weighted by Crippen LogP contribution is -2.40. The minimum atomic E-state index is -0.0376. The molecular weight excluding hydrogens is 304 g/mol. The van der Waals surface area contributed by atoms with E-state index >= 15 is 0 Å². The highest BCUT2D eigenvalue weighted by atomic mass is 16.5. The number of fused-ring (bicyclic) bond motifs is 1. The molecule has 5 heteroatoms. The van der Waals surface area contributed by atoms with Gasteiger partial charge >= 0.3 is 0 Å². The molecule has 0 bridgehead atoms.